The summed E-state index contributed by atoms with van der Waals surface area (Å²) in [5, 5.41) is 12.2. The van der Waals surface area contributed by atoms with Crippen LogP contribution in [0.15, 0.2) is 24.3 Å². The molecule has 1 rings (SSSR count). The zero-order valence-electron chi connectivity index (χ0n) is 12.2. The van der Waals surface area contributed by atoms with Gasteiger partial charge < -0.3 is 15.2 Å². The molecule has 1 aromatic carbocycles. The first kappa shape index (κ1) is 16.0. The number of hydrogen-bond donors (Lipinski definition) is 2. The molecule has 108 valence electrons. The summed E-state index contributed by atoms with van der Waals surface area (Å²) in [5.41, 5.74) is 1.32. The number of nitrogens with one attached hydrogen (secondary N) is 1. The fourth-order valence-electron chi connectivity index (χ4n) is 2.02. The summed E-state index contributed by atoms with van der Waals surface area (Å²) in [6.07, 6.45) is 3.95. The Labute approximate surface area is 117 Å². The van der Waals surface area contributed by atoms with E-state index in [4.69, 9.17) is 9.84 Å². The van der Waals surface area contributed by atoms with Gasteiger partial charge in [-0.2, -0.15) is 0 Å². The molecule has 0 saturated heterocycles. The fraction of sp³-hybridized carbons (Fsp3) is 0.625. The van der Waals surface area contributed by atoms with E-state index in [1.165, 1.54) is 5.56 Å². The van der Waals surface area contributed by atoms with Crippen molar-refractivity contribution in [1.82, 2.24) is 5.32 Å². The van der Waals surface area contributed by atoms with E-state index in [1.54, 1.807) is 0 Å². The second-order valence-corrected chi connectivity index (χ2v) is 4.76. The second-order valence-electron chi connectivity index (χ2n) is 4.76. The van der Waals surface area contributed by atoms with Crippen molar-refractivity contribution in [2.45, 2.75) is 45.6 Å². The lowest BCUT2D eigenvalue weighted by Gasteiger charge is -2.17. The van der Waals surface area contributed by atoms with Gasteiger partial charge in [-0.25, -0.2) is 0 Å². The first-order chi connectivity index (χ1) is 9.31. The van der Waals surface area contributed by atoms with E-state index in [1.807, 2.05) is 12.1 Å². The van der Waals surface area contributed by atoms with Gasteiger partial charge in [-0.1, -0.05) is 26.0 Å². The Hall–Kier alpha value is -1.06. The first-order valence-electron chi connectivity index (χ1n) is 7.38. The third-order valence-electron chi connectivity index (χ3n) is 3.15. The molecular formula is C16H27NO2. The highest BCUT2D eigenvalue weighted by atomic mass is 16.5. The fourth-order valence-corrected chi connectivity index (χ4v) is 2.02. The normalized spacial score (nSPS) is 12.4. The molecule has 0 radical (unpaired) electrons. The molecule has 1 atom stereocenters. The number of ether oxygens (including phenoxy) is 1. The summed E-state index contributed by atoms with van der Waals surface area (Å²) < 4.78 is 5.63. The SMILES string of the molecule is CCCNC(CC)c1ccc(OCCCCO)cc1. The Kier molecular flexibility index (Phi) is 8.26. The van der Waals surface area contributed by atoms with Gasteiger partial charge in [0.05, 0.1) is 6.61 Å². The van der Waals surface area contributed by atoms with E-state index in [-0.39, 0.29) is 6.61 Å². The number of rotatable bonds is 10. The van der Waals surface area contributed by atoms with Gasteiger partial charge in [0.15, 0.2) is 0 Å². The van der Waals surface area contributed by atoms with Crippen LogP contribution in [0.4, 0.5) is 0 Å². The predicted molar refractivity (Wildman–Crippen MR) is 79.6 cm³/mol. The molecule has 2 N–H and O–H groups in total. The van der Waals surface area contributed by atoms with E-state index >= 15 is 0 Å². The minimum atomic E-state index is 0.240. The van der Waals surface area contributed by atoms with E-state index in [9.17, 15) is 0 Å². The predicted octanol–water partition coefficient (Wildman–Crippen LogP) is 3.29. The molecule has 19 heavy (non-hydrogen) atoms. The average Bonchev–Trinajstić information content (AvgIpc) is 2.46. The van der Waals surface area contributed by atoms with Crippen molar-refractivity contribution in [2.24, 2.45) is 0 Å². The molecule has 0 heterocycles. The van der Waals surface area contributed by atoms with Crippen LogP contribution >= 0.6 is 0 Å². The molecular weight excluding hydrogens is 238 g/mol. The van der Waals surface area contributed by atoms with E-state index in [2.05, 4.69) is 31.3 Å². The summed E-state index contributed by atoms with van der Waals surface area (Å²) >= 11 is 0. The molecule has 3 heteroatoms. The molecule has 0 saturated carbocycles. The molecule has 0 aliphatic heterocycles. The Balaban J connectivity index is 2.45. The van der Waals surface area contributed by atoms with Gasteiger partial charge in [-0.15, -0.1) is 0 Å². The minimum Gasteiger partial charge on any atom is -0.494 e. The number of unbranched alkanes of at least 4 members (excludes halogenated alkanes) is 1. The van der Waals surface area contributed by atoms with Crippen molar-refractivity contribution in [2.75, 3.05) is 19.8 Å². The van der Waals surface area contributed by atoms with Crippen LogP contribution in [0.3, 0.4) is 0 Å². The summed E-state index contributed by atoms with van der Waals surface area (Å²) in [4.78, 5) is 0. The van der Waals surface area contributed by atoms with Gasteiger partial charge in [0.1, 0.15) is 5.75 Å². The summed E-state index contributed by atoms with van der Waals surface area (Å²) in [6, 6.07) is 8.77. The largest absolute Gasteiger partial charge is 0.494 e. The Morgan fingerprint density at radius 2 is 1.89 bits per heavy atom. The van der Waals surface area contributed by atoms with Gasteiger partial charge in [-0.05, 0) is 49.9 Å². The van der Waals surface area contributed by atoms with Crippen molar-refractivity contribution >= 4 is 0 Å². The number of aliphatic hydroxyl groups excluding tert-OH is 1. The smallest absolute Gasteiger partial charge is 0.119 e. The number of hydrogen-bond acceptors (Lipinski definition) is 3. The Morgan fingerprint density at radius 1 is 1.16 bits per heavy atom. The first-order valence-corrected chi connectivity index (χ1v) is 7.38. The molecule has 0 aliphatic carbocycles. The monoisotopic (exact) mass is 265 g/mol. The van der Waals surface area contributed by atoms with Crippen molar-refractivity contribution in [3.05, 3.63) is 29.8 Å². The summed E-state index contributed by atoms with van der Waals surface area (Å²) in [7, 11) is 0. The maximum atomic E-state index is 8.70. The van der Waals surface area contributed by atoms with Crippen LogP contribution in [-0.2, 0) is 0 Å². The van der Waals surface area contributed by atoms with Crippen LogP contribution in [0.1, 0.15) is 51.1 Å². The van der Waals surface area contributed by atoms with Crippen LogP contribution < -0.4 is 10.1 Å². The maximum Gasteiger partial charge on any atom is 0.119 e. The lowest BCUT2D eigenvalue weighted by atomic mass is 10.0. The van der Waals surface area contributed by atoms with Crippen LogP contribution in [0, 0.1) is 0 Å². The zero-order valence-corrected chi connectivity index (χ0v) is 12.2. The Morgan fingerprint density at radius 3 is 2.47 bits per heavy atom. The van der Waals surface area contributed by atoms with E-state index < -0.39 is 0 Å². The lowest BCUT2D eigenvalue weighted by molar-refractivity contribution is 0.253. The molecule has 0 fully saturated rings. The molecule has 1 unspecified atom stereocenters. The number of benzene rings is 1. The highest BCUT2D eigenvalue weighted by Gasteiger charge is 2.07. The highest BCUT2D eigenvalue weighted by Crippen LogP contribution is 2.20. The Bertz CT molecular complexity index is 324. The third-order valence-corrected chi connectivity index (χ3v) is 3.15. The third kappa shape index (κ3) is 6.08. The lowest BCUT2D eigenvalue weighted by Crippen LogP contribution is -2.21. The van der Waals surface area contributed by atoms with Gasteiger partial charge in [0.2, 0.25) is 0 Å². The van der Waals surface area contributed by atoms with Gasteiger partial charge in [0.25, 0.3) is 0 Å². The molecule has 1 aromatic rings. The van der Waals surface area contributed by atoms with Crippen molar-refractivity contribution in [1.29, 1.82) is 0 Å². The minimum absolute atomic E-state index is 0.240. The highest BCUT2D eigenvalue weighted by molar-refractivity contribution is 5.29. The molecule has 0 amide bonds. The van der Waals surface area contributed by atoms with Crippen molar-refractivity contribution in [3.63, 3.8) is 0 Å². The summed E-state index contributed by atoms with van der Waals surface area (Å²) in [5.74, 6) is 0.909. The second kappa shape index (κ2) is 9.82. The molecule has 0 bridgehead atoms. The van der Waals surface area contributed by atoms with Crippen LogP contribution in [0.25, 0.3) is 0 Å². The van der Waals surface area contributed by atoms with Crippen LogP contribution in [0.2, 0.25) is 0 Å². The van der Waals surface area contributed by atoms with Crippen LogP contribution in [-0.4, -0.2) is 24.9 Å². The zero-order chi connectivity index (χ0) is 13.9. The summed E-state index contributed by atoms with van der Waals surface area (Å²) in [6.45, 7) is 6.35. The molecule has 0 aliphatic rings. The van der Waals surface area contributed by atoms with Gasteiger partial charge in [-0.3, -0.25) is 0 Å². The topological polar surface area (TPSA) is 41.5 Å². The van der Waals surface area contributed by atoms with E-state index in [0.717, 1.165) is 38.0 Å². The van der Waals surface area contributed by atoms with Gasteiger partial charge >= 0.3 is 0 Å². The van der Waals surface area contributed by atoms with Crippen LogP contribution in [0.5, 0.6) is 5.75 Å². The average molecular weight is 265 g/mol. The molecule has 0 spiro atoms. The standard InChI is InChI=1S/C16H27NO2/c1-3-11-17-16(4-2)14-7-9-15(10-8-14)19-13-6-5-12-18/h7-10,16-18H,3-6,11-13H2,1-2H3. The van der Waals surface area contributed by atoms with Crippen molar-refractivity contribution in [3.8, 4) is 5.75 Å². The maximum absolute atomic E-state index is 8.70. The van der Waals surface area contributed by atoms with E-state index in [0.29, 0.717) is 12.6 Å². The molecule has 3 nitrogen and oxygen atoms in total. The van der Waals surface area contributed by atoms with Gasteiger partial charge in [0, 0.05) is 12.6 Å². The number of aliphatic hydroxyl groups is 1. The quantitative estimate of drug-likeness (QED) is 0.638. The van der Waals surface area contributed by atoms with Crippen molar-refractivity contribution < 1.29 is 9.84 Å². The molecule has 0 aromatic heterocycles.